The van der Waals surface area contributed by atoms with Gasteiger partial charge in [-0.05, 0) is 36.8 Å². The van der Waals surface area contributed by atoms with Crippen LogP contribution < -0.4 is 5.32 Å². The van der Waals surface area contributed by atoms with E-state index in [0.717, 1.165) is 16.3 Å². The standard InChI is InChI=1S/C15H9F3N2OS/c1-7-2-5-10-11(6-7)22-15(19-10)20-14(21)8-3-4-9(16)13(18)12(8)17/h2-6H,1H3,(H,19,20,21). The number of anilines is 1. The summed E-state index contributed by atoms with van der Waals surface area (Å²) in [5.41, 5.74) is 1.16. The fourth-order valence-electron chi connectivity index (χ4n) is 1.95. The number of halogens is 3. The number of hydrogen-bond donors (Lipinski definition) is 1. The topological polar surface area (TPSA) is 42.0 Å². The van der Waals surface area contributed by atoms with E-state index in [9.17, 15) is 18.0 Å². The van der Waals surface area contributed by atoms with Crippen molar-refractivity contribution in [2.24, 2.45) is 0 Å². The van der Waals surface area contributed by atoms with Crippen molar-refractivity contribution in [3.05, 3.63) is 58.9 Å². The first-order chi connectivity index (χ1) is 10.5. The zero-order chi connectivity index (χ0) is 15.9. The Morgan fingerprint density at radius 2 is 1.91 bits per heavy atom. The number of amides is 1. The third-order valence-corrected chi connectivity index (χ3v) is 3.98. The number of aromatic nitrogens is 1. The van der Waals surface area contributed by atoms with Gasteiger partial charge in [-0.25, -0.2) is 18.2 Å². The van der Waals surface area contributed by atoms with Gasteiger partial charge in [0.25, 0.3) is 5.91 Å². The predicted molar refractivity (Wildman–Crippen MR) is 78.6 cm³/mol. The summed E-state index contributed by atoms with van der Waals surface area (Å²) >= 11 is 1.21. The van der Waals surface area contributed by atoms with E-state index in [1.807, 2.05) is 19.1 Å². The van der Waals surface area contributed by atoms with Crippen molar-refractivity contribution >= 4 is 32.6 Å². The van der Waals surface area contributed by atoms with Crippen LogP contribution in [-0.4, -0.2) is 10.9 Å². The summed E-state index contributed by atoms with van der Waals surface area (Å²) < 4.78 is 40.5. The second-order valence-electron chi connectivity index (χ2n) is 4.67. The molecule has 0 fully saturated rings. The van der Waals surface area contributed by atoms with E-state index < -0.39 is 28.9 Å². The Morgan fingerprint density at radius 1 is 1.14 bits per heavy atom. The Hall–Kier alpha value is -2.41. The highest BCUT2D eigenvalue weighted by molar-refractivity contribution is 7.22. The van der Waals surface area contributed by atoms with Gasteiger partial charge >= 0.3 is 0 Å². The summed E-state index contributed by atoms with van der Waals surface area (Å²) in [5.74, 6) is -5.42. The van der Waals surface area contributed by atoms with Gasteiger partial charge < -0.3 is 0 Å². The number of nitrogens with one attached hydrogen (secondary N) is 1. The lowest BCUT2D eigenvalue weighted by atomic mass is 10.2. The first kappa shape index (κ1) is 14.5. The van der Waals surface area contributed by atoms with Crippen LogP contribution in [0.15, 0.2) is 30.3 Å². The zero-order valence-electron chi connectivity index (χ0n) is 11.3. The number of nitrogens with zero attached hydrogens (tertiary/aromatic N) is 1. The van der Waals surface area contributed by atoms with Crippen molar-refractivity contribution in [1.29, 1.82) is 0 Å². The van der Waals surface area contributed by atoms with Crippen LogP contribution in [0.1, 0.15) is 15.9 Å². The van der Waals surface area contributed by atoms with Crippen LogP contribution in [-0.2, 0) is 0 Å². The zero-order valence-corrected chi connectivity index (χ0v) is 12.1. The highest BCUT2D eigenvalue weighted by atomic mass is 32.1. The SMILES string of the molecule is Cc1ccc2nc(NC(=O)c3ccc(F)c(F)c3F)sc2c1. The van der Waals surface area contributed by atoms with E-state index in [4.69, 9.17) is 0 Å². The molecule has 0 aliphatic carbocycles. The maximum atomic E-state index is 13.6. The largest absolute Gasteiger partial charge is 0.298 e. The van der Waals surface area contributed by atoms with Crippen molar-refractivity contribution in [2.45, 2.75) is 6.92 Å². The van der Waals surface area contributed by atoms with Crippen molar-refractivity contribution in [3.63, 3.8) is 0 Å². The summed E-state index contributed by atoms with van der Waals surface area (Å²) in [5, 5.41) is 2.65. The Labute approximate surface area is 127 Å². The van der Waals surface area contributed by atoms with E-state index in [-0.39, 0.29) is 5.13 Å². The molecule has 0 atom stereocenters. The molecular formula is C15H9F3N2OS. The highest BCUT2D eigenvalue weighted by Crippen LogP contribution is 2.27. The number of carbonyl (C=O) groups excluding carboxylic acids is 1. The van der Waals surface area contributed by atoms with E-state index in [1.165, 1.54) is 11.3 Å². The third kappa shape index (κ3) is 2.55. The van der Waals surface area contributed by atoms with Crippen LogP contribution in [0.25, 0.3) is 10.2 Å². The second-order valence-corrected chi connectivity index (χ2v) is 5.70. The Morgan fingerprint density at radius 3 is 2.68 bits per heavy atom. The van der Waals surface area contributed by atoms with Crippen molar-refractivity contribution < 1.29 is 18.0 Å². The molecule has 7 heteroatoms. The molecule has 1 heterocycles. The molecule has 0 spiro atoms. The molecule has 0 saturated carbocycles. The summed E-state index contributed by atoms with van der Waals surface area (Å²) in [4.78, 5) is 16.2. The van der Waals surface area contributed by atoms with Crippen LogP contribution >= 0.6 is 11.3 Å². The van der Waals surface area contributed by atoms with E-state index in [2.05, 4.69) is 10.3 Å². The lowest BCUT2D eigenvalue weighted by Crippen LogP contribution is -2.15. The van der Waals surface area contributed by atoms with Gasteiger partial charge in [0.15, 0.2) is 22.6 Å². The minimum absolute atomic E-state index is 0.259. The molecule has 3 nitrogen and oxygen atoms in total. The minimum atomic E-state index is -1.67. The van der Waals surface area contributed by atoms with Crippen LogP contribution in [0.3, 0.4) is 0 Å². The molecule has 1 aromatic heterocycles. The highest BCUT2D eigenvalue weighted by Gasteiger charge is 2.19. The van der Waals surface area contributed by atoms with Crippen LogP contribution in [0.5, 0.6) is 0 Å². The maximum Gasteiger partial charge on any atom is 0.260 e. The lowest BCUT2D eigenvalue weighted by Gasteiger charge is -2.04. The van der Waals surface area contributed by atoms with Crippen molar-refractivity contribution in [3.8, 4) is 0 Å². The van der Waals surface area contributed by atoms with Crippen molar-refractivity contribution in [2.75, 3.05) is 5.32 Å². The number of aryl methyl sites for hydroxylation is 1. The van der Waals surface area contributed by atoms with Gasteiger partial charge in [0.05, 0.1) is 15.8 Å². The van der Waals surface area contributed by atoms with E-state index >= 15 is 0 Å². The van der Waals surface area contributed by atoms with Gasteiger partial charge in [-0.1, -0.05) is 17.4 Å². The number of benzene rings is 2. The fourth-order valence-corrected chi connectivity index (χ4v) is 2.91. The van der Waals surface area contributed by atoms with E-state index in [1.54, 1.807) is 6.07 Å². The maximum absolute atomic E-state index is 13.6. The molecule has 3 aromatic rings. The molecule has 0 aliphatic rings. The van der Waals surface area contributed by atoms with Crippen LogP contribution in [0, 0.1) is 24.4 Å². The van der Waals surface area contributed by atoms with E-state index in [0.29, 0.717) is 11.6 Å². The number of fused-ring (bicyclic) bond motifs is 1. The average molecular weight is 322 g/mol. The van der Waals surface area contributed by atoms with Crippen LogP contribution in [0.2, 0.25) is 0 Å². The van der Waals surface area contributed by atoms with Gasteiger partial charge in [0, 0.05) is 0 Å². The third-order valence-electron chi connectivity index (χ3n) is 3.04. The van der Waals surface area contributed by atoms with Gasteiger partial charge in [0.2, 0.25) is 0 Å². The average Bonchev–Trinajstić information content (AvgIpc) is 2.86. The predicted octanol–water partition coefficient (Wildman–Crippen LogP) is 4.27. The Bertz CT molecular complexity index is 892. The number of rotatable bonds is 2. The molecule has 0 bridgehead atoms. The monoisotopic (exact) mass is 322 g/mol. The molecule has 1 N–H and O–H groups in total. The van der Waals surface area contributed by atoms with Gasteiger partial charge in [-0.15, -0.1) is 0 Å². The molecule has 112 valence electrons. The van der Waals surface area contributed by atoms with Crippen LogP contribution in [0.4, 0.5) is 18.3 Å². The molecule has 2 aromatic carbocycles. The van der Waals surface area contributed by atoms with Gasteiger partial charge in [-0.2, -0.15) is 0 Å². The second kappa shape index (κ2) is 5.42. The molecule has 1 amide bonds. The minimum Gasteiger partial charge on any atom is -0.298 e. The fraction of sp³-hybridized carbons (Fsp3) is 0.0667. The van der Waals surface area contributed by atoms with Gasteiger partial charge in [0.1, 0.15) is 0 Å². The smallest absolute Gasteiger partial charge is 0.260 e. The molecule has 3 rings (SSSR count). The summed E-state index contributed by atoms with van der Waals surface area (Å²) in [7, 11) is 0. The Balaban J connectivity index is 1.91. The molecule has 0 aliphatic heterocycles. The number of carbonyl (C=O) groups is 1. The summed E-state index contributed by atoms with van der Waals surface area (Å²) in [6.07, 6.45) is 0. The molecular weight excluding hydrogens is 313 g/mol. The number of hydrogen-bond acceptors (Lipinski definition) is 3. The van der Waals surface area contributed by atoms with Crippen molar-refractivity contribution in [1.82, 2.24) is 4.98 Å². The molecule has 0 saturated heterocycles. The summed E-state index contributed by atoms with van der Waals surface area (Å²) in [6, 6.07) is 7.17. The lowest BCUT2D eigenvalue weighted by molar-refractivity contribution is 0.102. The normalized spacial score (nSPS) is 10.9. The Kier molecular flexibility index (Phi) is 3.58. The quantitative estimate of drug-likeness (QED) is 0.716. The molecule has 22 heavy (non-hydrogen) atoms. The number of thiazole rings is 1. The molecule has 0 radical (unpaired) electrons. The first-order valence-electron chi connectivity index (χ1n) is 6.28. The van der Waals surface area contributed by atoms with Gasteiger partial charge in [-0.3, -0.25) is 10.1 Å². The summed E-state index contributed by atoms with van der Waals surface area (Å²) in [6.45, 7) is 1.92. The molecule has 0 unspecified atom stereocenters. The first-order valence-corrected chi connectivity index (χ1v) is 7.09.